The normalized spacial score (nSPS) is 15.5. The van der Waals surface area contributed by atoms with Crippen LogP contribution in [-0.2, 0) is 11.2 Å². The Morgan fingerprint density at radius 3 is 2.78 bits per heavy atom. The fraction of sp³-hybridized carbons (Fsp3) is 0.500. The summed E-state index contributed by atoms with van der Waals surface area (Å²) in [6, 6.07) is 4.17. The SMILES string of the molecule is CC(C)CC(C)Nc1cc2c(cc1Cl)NC(=O)C2. The van der Waals surface area contributed by atoms with Crippen molar-refractivity contribution in [2.24, 2.45) is 5.92 Å². The van der Waals surface area contributed by atoms with Crippen molar-refractivity contribution in [3.8, 4) is 0 Å². The molecule has 2 N–H and O–H groups in total. The van der Waals surface area contributed by atoms with Crippen LogP contribution in [0.1, 0.15) is 32.8 Å². The molecule has 1 aromatic rings. The van der Waals surface area contributed by atoms with Crippen LogP contribution in [0.4, 0.5) is 11.4 Å². The van der Waals surface area contributed by atoms with Gasteiger partial charge < -0.3 is 10.6 Å². The Labute approximate surface area is 113 Å². The van der Waals surface area contributed by atoms with E-state index in [0.717, 1.165) is 23.4 Å². The number of nitrogens with one attached hydrogen (secondary N) is 2. The zero-order valence-corrected chi connectivity index (χ0v) is 11.8. The first kappa shape index (κ1) is 13.2. The molecule has 4 heteroatoms. The Morgan fingerprint density at radius 1 is 1.39 bits per heavy atom. The van der Waals surface area contributed by atoms with Gasteiger partial charge in [0.25, 0.3) is 0 Å². The van der Waals surface area contributed by atoms with E-state index < -0.39 is 0 Å². The number of anilines is 2. The van der Waals surface area contributed by atoms with Crippen molar-refractivity contribution in [1.82, 2.24) is 0 Å². The van der Waals surface area contributed by atoms with Gasteiger partial charge in [0.05, 0.1) is 17.1 Å². The number of hydrogen-bond acceptors (Lipinski definition) is 2. The summed E-state index contributed by atoms with van der Waals surface area (Å²) in [5.41, 5.74) is 2.77. The number of halogens is 1. The van der Waals surface area contributed by atoms with E-state index in [0.29, 0.717) is 23.4 Å². The Morgan fingerprint density at radius 2 is 2.11 bits per heavy atom. The summed E-state index contributed by atoms with van der Waals surface area (Å²) in [6.45, 7) is 6.54. The van der Waals surface area contributed by atoms with Crippen LogP contribution in [0.2, 0.25) is 5.02 Å². The minimum Gasteiger partial charge on any atom is -0.381 e. The average molecular weight is 267 g/mol. The molecular weight excluding hydrogens is 248 g/mol. The fourth-order valence-corrected chi connectivity index (χ4v) is 2.61. The van der Waals surface area contributed by atoms with Gasteiger partial charge in [0.2, 0.25) is 5.91 Å². The monoisotopic (exact) mass is 266 g/mol. The zero-order chi connectivity index (χ0) is 13.3. The molecule has 0 fully saturated rings. The number of amides is 1. The average Bonchev–Trinajstić information content (AvgIpc) is 2.56. The lowest BCUT2D eigenvalue weighted by Crippen LogP contribution is -2.17. The summed E-state index contributed by atoms with van der Waals surface area (Å²) in [5, 5.41) is 6.87. The molecule has 0 spiro atoms. The maximum Gasteiger partial charge on any atom is 0.228 e. The van der Waals surface area contributed by atoms with Gasteiger partial charge in [0.15, 0.2) is 0 Å². The highest BCUT2D eigenvalue weighted by molar-refractivity contribution is 6.33. The third-order valence-electron chi connectivity index (χ3n) is 3.04. The number of rotatable bonds is 4. The Kier molecular flexibility index (Phi) is 3.81. The molecule has 0 bridgehead atoms. The number of benzene rings is 1. The smallest absolute Gasteiger partial charge is 0.228 e. The molecule has 1 aliphatic rings. The van der Waals surface area contributed by atoms with Gasteiger partial charge in [0.1, 0.15) is 0 Å². The predicted octanol–water partition coefficient (Wildman–Crippen LogP) is 3.68. The summed E-state index contributed by atoms with van der Waals surface area (Å²) >= 11 is 6.22. The topological polar surface area (TPSA) is 41.1 Å². The van der Waals surface area contributed by atoms with Crippen molar-refractivity contribution in [2.45, 2.75) is 39.7 Å². The molecule has 1 aromatic carbocycles. The highest BCUT2D eigenvalue weighted by Crippen LogP contribution is 2.33. The van der Waals surface area contributed by atoms with Crippen LogP contribution in [0.25, 0.3) is 0 Å². The van der Waals surface area contributed by atoms with Crippen molar-refractivity contribution in [1.29, 1.82) is 0 Å². The second kappa shape index (κ2) is 5.19. The first-order valence-corrected chi connectivity index (χ1v) is 6.72. The van der Waals surface area contributed by atoms with E-state index in [9.17, 15) is 4.79 Å². The molecule has 1 atom stereocenters. The van der Waals surface area contributed by atoms with Gasteiger partial charge in [-0.25, -0.2) is 0 Å². The lowest BCUT2D eigenvalue weighted by molar-refractivity contribution is -0.115. The van der Waals surface area contributed by atoms with Crippen LogP contribution in [0.3, 0.4) is 0 Å². The van der Waals surface area contributed by atoms with Gasteiger partial charge in [-0.2, -0.15) is 0 Å². The zero-order valence-electron chi connectivity index (χ0n) is 11.0. The second-order valence-corrected chi connectivity index (χ2v) is 5.80. The van der Waals surface area contributed by atoms with E-state index in [-0.39, 0.29) is 5.91 Å². The van der Waals surface area contributed by atoms with Crippen LogP contribution < -0.4 is 10.6 Å². The van der Waals surface area contributed by atoms with Crippen LogP contribution in [-0.4, -0.2) is 11.9 Å². The third kappa shape index (κ3) is 2.96. The molecule has 1 aliphatic heterocycles. The summed E-state index contributed by atoms with van der Waals surface area (Å²) in [4.78, 5) is 11.3. The molecule has 0 saturated heterocycles. The van der Waals surface area contributed by atoms with Crippen molar-refractivity contribution < 1.29 is 4.79 Å². The van der Waals surface area contributed by atoms with E-state index in [1.807, 2.05) is 12.1 Å². The van der Waals surface area contributed by atoms with E-state index in [2.05, 4.69) is 31.4 Å². The summed E-state index contributed by atoms with van der Waals surface area (Å²) in [7, 11) is 0. The van der Waals surface area contributed by atoms with Crippen LogP contribution in [0, 0.1) is 5.92 Å². The van der Waals surface area contributed by atoms with E-state index >= 15 is 0 Å². The first-order valence-electron chi connectivity index (χ1n) is 6.34. The molecule has 0 radical (unpaired) electrons. The van der Waals surface area contributed by atoms with E-state index in [1.165, 1.54) is 0 Å². The molecule has 1 amide bonds. The van der Waals surface area contributed by atoms with Crippen molar-refractivity contribution in [2.75, 3.05) is 10.6 Å². The summed E-state index contributed by atoms with van der Waals surface area (Å²) in [6.07, 6.45) is 1.53. The number of carbonyl (C=O) groups excluding carboxylic acids is 1. The lowest BCUT2D eigenvalue weighted by atomic mass is 10.0. The molecule has 98 valence electrons. The number of carbonyl (C=O) groups is 1. The molecule has 0 aliphatic carbocycles. The van der Waals surface area contributed by atoms with Gasteiger partial charge in [0, 0.05) is 11.7 Å². The Balaban J connectivity index is 2.15. The van der Waals surface area contributed by atoms with Crippen molar-refractivity contribution in [3.05, 3.63) is 22.7 Å². The predicted molar refractivity (Wildman–Crippen MR) is 76.3 cm³/mol. The highest BCUT2D eigenvalue weighted by Gasteiger charge is 2.20. The van der Waals surface area contributed by atoms with E-state index in [1.54, 1.807) is 0 Å². The van der Waals surface area contributed by atoms with Crippen molar-refractivity contribution >= 4 is 28.9 Å². The lowest BCUT2D eigenvalue weighted by Gasteiger charge is -2.18. The molecule has 1 heterocycles. The molecule has 3 nitrogen and oxygen atoms in total. The third-order valence-corrected chi connectivity index (χ3v) is 3.36. The fourth-order valence-electron chi connectivity index (χ4n) is 2.39. The molecular formula is C14H19ClN2O. The van der Waals surface area contributed by atoms with Crippen LogP contribution in [0.15, 0.2) is 12.1 Å². The number of fused-ring (bicyclic) bond motifs is 1. The minimum atomic E-state index is 0.0356. The highest BCUT2D eigenvalue weighted by atomic mass is 35.5. The standard InChI is InChI=1S/C14H19ClN2O/c1-8(2)4-9(3)16-13-5-10-6-14(18)17-12(10)7-11(13)15/h5,7-9,16H,4,6H2,1-3H3,(H,17,18). The molecule has 0 saturated carbocycles. The van der Waals surface area contributed by atoms with E-state index in [4.69, 9.17) is 11.6 Å². The van der Waals surface area contributed by atoms with Crippen LogP contribution in [0.5, 0.6) is 0 Å². The minimum absolute atomic E-state index is 0.0356. The molecule has 18 heavy (non-hydrogen) atoms. The molecule has 0 aromatic heterocycles. The maximum atomic E-state index is 11.3. The van der Waals surface area contributed by atoms with Crippen LogP contribution >= 0.6 is 11.6 Å². The van der Waals surface area contributed by atoms with Gasteiger partial charge in [-0.3, -0.25) is 4.79 Å². The maximum absolute atomic E-state index is 11.3. The summed E-state index contributed by atoms with van der Waals surface area (Å²) in [5.74, 6) is 0.678. The first-order chi connectivity index (χ1) is 8.45. The molecule has 2 rings (SSSR count). The quantitative estimate of drug-likeness (QED) is 0.873. The Hall–Kier alpha value is -1.22. The van der Waals surface area contributed by atoms with Crippen molar-refractivity contribution in [3.63, 3.8) is 0 Å². The largest absolute Gasteiger partial charge is 0.381 e. The second-order valence-electron chi connectivity index (χ2n) is 5.39. The Bertz CT molecular complexity index is 471. The molecule has 1 unspecified atom stereocenters. The number of hydrogen-bond donors (Lipinski definition) is 2. The van der Waals surface area contributed by atoms with Gasteiger partial charge in [-0.1, -0.05) is 25.4 Å². The summed E-state index contributed by atoms with van der Waals surface area (Å²) < 4.78 is 0. The van der Waals surface area contributed by atoms with Gasteiger partial charge in [-0.05, 0) is 37.0 Å². The van der Waals surface area contributed by atoms with Gasteiger partial charge >= 0.3 is 0 Å². The van der Waals surface area contributed by atoms with Gasteiger partial charge in [-0.15, -0.1) is 0 Å².